The lowest BCUT2D eigenvalue weighted by atomic mass is 10.1. The number of rotatable bonds is 4. The predicted octanol–water partition coefficient (Wildman–Crippen LogP) is 2.03. The summed E-state index contributed by atoms with van der Waals surface area (Å²) in [6.45, 7) is 2.72. The van der Waals surface area contributed by atoms with E-state index in [9.17, 15) is 14.9 Å². The summed E-state index contributed by atoms with van der Waals surface area (Å²) < 4.78 is 11.5. The first kappa shape index (κ1) is 20.8. The van der Waals surface area contributed by atoms with E-state index in [1.54, 1.807) is 11.0 Å². The SMILES string of the molecule is N#Cc1c(NC(=O)CN2CCN(C(=O)[C@@H]3COc4ccccc4O3)CC2)sc2c1CCC2. The molecule has 2 aliphatic heterocycles. The third-order valence-electron chi connectivity index (χ3n) is 6.12. The fraction of sp³-hybridized carbons (Fsp3) is 0.435. The van der Waals surface area contributed by atoms with Gasteiger partial charge in [0.05, 0.1) is 12.1 Å². The molecule has 0 spiro atoms. The number of nitrogens with zero attached hydrogens (tertiary/aromatic N) is 3. The first-order valence-electron chi connectivity index (χ1n) is 10.9. The van der Waals surface area contributed by atoms with Crippen LogP contribution in [0.3, 0.4) is 0 Å². The van der Waals surface area contributed by atoms with Gasteiger partial charge in [0.15, 0.2) is 11.5 Å². The quantitative estimate of drug-likeness (QED) is 0.763. The fourth-order valence-electron chi connectivity index (χ4n) is 4.45. The molecule has 2 amide bonds. The maximum Gasteiger partial charge on any atom is 0.267 e. The molecule has 8 nitrogen and oxygen atoms in total. The minimum absolute atomic E-state index is 0.0876. The smallest absolute Gasteiger partial charge is 0.267 e. The fourth-order valence-corrected chi connectivity index (χ4v) is 5.71. The Morgan fingerprint density at radius 3 is 2.72 bits per heavy atom. The highest BCUT2D eigenvalue weighted by Gasteiger charge is 2.33. The molecular formula is C23H24N4O4S. The molecule has 1 atom stereocenters. The molecule has 1 aromatic carbocycles. The number of amides is 2. The van der Waals surface area contributed by atoms with Crippen LogP contribution in [0.2, 0.25) is 0 Å². The lowest BCUT2D eigenvalue weighted by Crippen LogP contribution is -2.54. The third-order valence-corrected chi connectivity index (χ3v) is 7.33. The van der Waals surface area contributed by atoms with Crippen LogP contribution in [0.25, 0.3) is 0 Å². The Labute approximate surface area is 190 Å². The molecule has 1 aliphatic carbocycles. The van der Waals surface area contributed by atoms with Crippen molar-refractivity contribution >= 4 is 28.2 Å². The van der Waals surface area contributed by atoms with Gasteiger partial charge in [-0.1, -0.05) is 12.1 Å². The first-order chi connectivity index (χ1) is 15.6. The second-order valence-corrected chi connectivity index (χ2v) is 9.29. The van der Waals surface area contributed by atoms with Crippen molar-refractivity contribution in [2.24, 2.45) is 0 Å². The zero-order valence-electron chi connectivity index (χ0n) is 17.6. The molecule has 3 heterocycles. The van der Waals surface area contributed by atoms with E-state index in [0.29, 0.717) is 48.2 Å². The number of thiophene rings is 1. The molecular weight excluding hydrogens is 428 g/mol. The van der Waals surface area contributed by atoms with Crippen molar-refractivity contribution in [2.75, 3.05) is 44.6 Å². The average Bonchev–Trinajstić information content (AvgIpc) is 3.39. The summed E-state index contributed by atoms with van der Waals surface area (Å²) in [5.41, 5.74) is 1.74. The van der Waals surface area contributed by atoms with Crippen LogP contribution in [0.4, 0.5) is 5.00 Å². The van der Waals surface area contributed by atoms with Crippen LogP contribution in [-0.4, -0.2) is 67.0 Å². The minimum atomic E-state index is -0.648. The summed E-state index contributed by atoms with van der Waals surface area (Å²) in [5, 5.41) is 13.1. The molecule has 3 aliphatic rings. The highest BCUT2D eigenvalue weighted by atomic mass is 32.1. The van der Waals surface area contributed by atoms with Crippen molar-refractivity contribution in [3.8, 4) is 17.6 Å². The Morgan fingerprint density at radius 2 is 1.94 bits per heavy atom. The molecule has 0 unspecified atom stereocenters. The van der Waals surface area contributed by atoms with Gasteiger partial charge in [0.1, 0.15) is 17.7 Å². The maximum atomic E-state index is 12.9. The lowest BCUT2D eigenvalue weighted by Gasteiger charge is -2.36. The van der Waals surface area contributed by atoms with Gasteiger partial charge in [-0.15, -0.1) is 11.3 Å². The van der Waals surface area contributed by atoms with Crippen LogP contribution < -0.4 is 14.8 Å². The number of piperazine rings is 1. The van der Waals surface area contributed by atoms with Crippen LogP contribution in [0, 0.1) is 11.3 Å². The number of fused-ring (bicyclic) bond motifs is 2. The summed E-state index contributed by atoms with van der Waals surface area (Å²) >= 11 is 1.53. The number of benzene rings is 1. The van der Waals surface area contributed by atoms with Gasteiger partial charge in [0, 0.05) is 31.1 Å². The number of ether oxygens (including phenoxy) is 2. The molecule has 0 bridgehead atoms. The summed E-state index contributed by atoms with van der Waals surface area (Å²) in [4.78, 5) is 30.5. The van der Waals surface area contributed by atoms with Crippen molar-refractivity contribution in [3.05, 3.63) is 40.3 Å². The number of carbonyl (C=O) groups is 2. The topological polar surface area (TPSA) is 94.9 Å². The van der Waals surface area contributed by atoms with E-state index in [1.165, 1.54) is 16.2 Å². The van der Waals surface area contributed by atoms with E-state index in [1.807, 2.05) is 23.1 Å². The van der Waals surface area contributed by atoms with E-state index in [0.717, 1.165) is 24.8 Å². The largest absolute Gasteiger partial charge is 0.485 e. The molecule has 0 radical (unpaired) electrons. The van der Waals surface area contributed by atoms with E-state index in [-0.39, 0.29) is 25.0 Å². The van der Waals surface area contributed by atoms with Gasteiger partial charge in [-0.2, -0.15) is 5.26 Å². The zero-order valence-corrected chi connectivity index (χ0v) is 18.5. The molecule has 166 valence electrons. The number of carbonyl (C=O) groups excluding carboxylic acids is 2. The van der Waals surface area contributed by atoms with Gasteiger partial charge in [-0.3, -0.25) is 14.5 Å². The van der Waals surface area contributed by atoms with E-state index >= 15 is 0 Å². The summed E-state index contributed by atoms with van der Waals surface area (Å²) in [7, 11) is 0. The van der Waals surface area contributed by atoms with Crippen molar-refractivity contribution in [1.29, 1.82) is 5.26 Å². The van der Waals surface area contributed by atoms with Gasteiger partial charge in [0.2, 0.25) is 12.0 Å². The summed E-state index contributed by atoms with van der Waals surface area (Å²) in [6, 6.07) is 9.59. The number of para-hydroxylation sites is 2. The highest BCUT2D eigenvalue weighted by molar-refractivity contribution is 7.16. The van der Waals surface area contributed by atoms with Crippen molar-refractivity contribution in [1.82, 2.24) is 9.80 Å². The standard InChI is InChI=1S/C23H24N4O4S/c24-12-16-15-4-3-7-20(15)32-22(16)25-21(28)13-26-8-10-27(11-9-26)23(29)19-14-30-17-5-1-2-6-18(17)31-19/h1-2,5-6,19H,3-4,7-11,13-14H2,(H,25,28)/t19-/m0/s1. The van der Waals surface area contributed by atoms with Gasteiger partial charge >= 0.3 is 0 Å². The Kier molecular flexibility index (Phi) is 5.72. The number of anilines is 1. The molecule has 5 rings (SSSR count). The summed E-state index contributed by atoms with van der Waals surface area (Å²) in [5.74, 6) is 1.03. The van der Waals surface area contributed by atoms with Crippen LogP contribution in [0.15, 0.2) is 24.3 Å². The molecule has 2 aromatic rings. The third kappa shape index (κ3) is 4.04. The van der Waals surface area contributed by atoms with Gasteiger partial charge in [-0.05, 0) is 37.0 Å². The monoisotopic (exact) mass is 452 g/mol. The number of aryl methyl sites for hydroxylation is 1. The lowest BCUT2D eigenvalue weighted by molar-refractivity contribution is -0.143. The Bertz CT molecular complexity index is 1080. The summed E-state index contributed by atoms with van der Waals surface area (Å²) in [6.07, 6.45) is 2.34. The Hall–Kier alpha value is -3.09. The van der Waals surface area contributed by atoms with Crippen molar-refractivity contribution in [2.45, 2.75) is 25.4 Å². The first-order valence-corrected chi connectivity index (χ1v) is 11.7. The molecule has 1 fully saturated rings. The molecule has 0 saturated carbocycles. The Balaban J connectivity index is 1.12. The van der Waals surface area contributed by atoms with Crippen LogP contribution >= 0.6 is 11.3 Å². The number of hydrogen-bond donors (Lipinski definition) is 1. The van der Waals surface area contributed by atoms with Crippen LogP contribution in [-0.2, 0) is 22.4 Å². The van der Waals surface area contributed by atoms with Crippen LogP contribution in [0.1, 0.15) is 22.4 Å². The molecule has 1 aromatic heterocycles. The predicted molar refractivity (Wildman–Crippen MR) is 119 cm³/mol. The second kappa shape index (κ2) is 8.81. The molecule has 9 heteroatoms. The number of nitrogens with one attached hydrogen (secondary N) is 1. The van der Waals surface area contributed by atoms with Crippen molar-refractivity contribution in [3.63, 3.8) is 0 Å². The van der Waals surface area contributed by atoms with E-state index in [4.69, 9.17) is 9.47 Å². The number of hydrogen-bond acceptors (Lipinski definition) is 7. The molecule has 1 N–H and O–H groups in total. The van der Waals surface area contributed by atoms with Crippen molar-refractivity contribution < 1.29 is 19.1 Å². The maximum absolute atomic E-state index is 12.9. The molecule has 32 heavy (non-hydrogen) atoms. The van der Waals surface area contributed by atoms with Crippen LogP contribution in [0.5, 0.6) is 11.5 Å². The second-order valence-electron chi connectivity index (χ2n) is 8.19. The van der Waals surface area contributed by atoms with Gasteiger partial charge < -0.3 is 19.7 Å². The normalized spacial score (nSPS) is 19.8. The van der Waals surface area contributed by atoms with E-state index < -0.39 is 6.10 Å². The zero-order chi connectivity index (χ0) is 22.1. The van der Waals surface area contributed by atoms with Gasteiger partial charge in [-0.25, -0.2) is 0 Å². The Morgan fingerprint density at radius 1 is 1.16 bits per heavy atom. The highest BCUT2D eigenvalue weighted by Crippen LogP contribution is 2.38. The average molecular weight is 453 g/mol. The van der Waals surface area contributed by atoms with E-state index in [2.05, 4.69) is 11.4 Å². The molecule has 1 saturated heterocycles. The van der Waals surface area contributed by atoms with Gasteiger partial charge in [0.25, 0.3) is 5.91 Å². The minimum Gasteiger partial charge on any atom is -0.485 e. The number of nitriles is 1.